The van der Waals surface area contributed by atoms with Crippen LogP contribution in [0.4, 0.5) is 0 Å². The molecule has 0 bridgehead atoms. The normalized spacial score (nSPS) is 29.9. The smallest absolute Gasteiger partial charge is 0.254 e. The van der Waals surface area contributed by atoms with E-state index >= 15 is 0 Å². The molecule has 1 amide bonds. The van der Waals surface area contributed by atoms with E-state index in [4.69, 9.17) is 9.47 Å². The zero-order valence-corrected chi connectivity index (χ0v) is 11.1. The molecule has 0 aromatic rings. The second kappa shape index (κ2) is 4.94. The van der Waals surface area contributed by atoms with Crippen LogP contribution in [0.3, 0.4) is 0 Å². The van der Waals surface area contributed by atoms with E-state index in [-0.39, 0.29) is 18.1 Å². The van der Waals surface area contributed by atoms with Crippen molar-refractivity contribution in [3.8, 4) is 0 Å². The van der Waals surface area contributed by atoms with E-state index in [2.05, 4.69) is 0 Å². The highest BCUT2D eigenvalue weighted by Gasteiger charge is 2.41. The fourth-order valence-corrected chi connectivity index (χ4v) is 2.78. The summed E-state index contributed by atoms with van der Waals surface area (Å²) >= 11 is 0. The molecule has 2 fully saturated rings. The van der Waals surface area contributed by atoms with Gasteiger partial charge in [0.15, 0.2) is 0 Å². The Bertz CT molecular complexity index is 288. The fraction of sp³-hybridized carbons (Fsp3) is 0.923. The molecule has 98 valence electrons. The van der Waals surface area contributed by atoms with Gasteiger partial charge in [0.05, 0.1) is 18.8 Å². The molecule has 1 saturated heterocycles. The van der Waals surface area contributed by atoms with E-state index in [1.165, 1.54) is 12.8 Å². The molecule has 1 heterocycles. The molecular formula is C13H23NO3. The third kappa shape index (κ3) is 2.47. The largest absolute Gasteiger partial charge is 0.374 e. The van der Waals surface area contributed by atoms with Gasteiger partial charge in [-0.3, -0.25) is 4.79 Å². The van der Waals surface area contributed by atoms with E-state index in [1.807, 2.05) is 18.7 Å². The maximum absolute atomic E-state index is 12.5. The molecule has 1 saturated carbocycles. The molecule has 2 unspecified atom stereocenters. The monoisotopic (exact) mass is 241 g/mol. The van der Waals surface area contributed by atoms with Crippen molar-refractivity contribution in [2.24, 2.45) is 0 Å². The number of nitrogens with zero attached hydrogens (tertiary/aromatic N) is 1. The first-order valence-corrected chi connectivity index (χ1v) is 6.54. The Kier molecular flexibility index (Phi) is 3.73. The minimum Gasteiger partial charge on any atom is -0.374 e. The Balaban J connectivity index is 2.11. The zero-order chi connectivity index (χ0) is 12.5. The van der Waals surface area contributed by atoms with Crippen molar-refractivity contribution in [2.45, 2.75) is 57.3 Å². The van der Waals surface area contributed by atoms with Crippen LogP contribution in [0.1, 0.15) is 39.5 Å². The lowest BCUT2D eigenvalue weighted by Crippen LogP contribution is -2.59. The Morgan fingerprint density at radius 2 is 2.06 bits per heavy atom. The van der Waals surface area contributed by atoms with Gasteiger partial charge in [-0.05, 0) is 26.7 Å². The second-order valence-corrected chi connectivity index (χ2v) is 5.47. The molecule has 0 radical (unpaired) electrons. The van der Waals surface area contributed by atoms with Crippen molar-refractivity contribution in [3.63, 3.8) is 0 Å². The molecule has 17 heavy (non-hydrogen) atoms. The van der Waals surface area contributed by atoms with Gasteiger partial charge < -0.3 is 14.4 Å². The van der Waals surface area contributed by atoms with Crippen LogP contribution < -0.4 is 0 Å². The van der Waals surface area contributed by atoms with E-state index in [9.17, 15) is 4.79 Å². The summed E-state index contributed by atoms with van der Waals surface area (Å²) in [5.74, 6) is 0.0974. The average molecular weight is 241 g/mol. The van der Waals surface area contributed by atoms with Gasteiger partial charge in [-0.2, -0.15) is 0 Å². The predicted octanol–water partition coefficient (Wildman–Crippen LogP) is 1.58. The van der Waals surface area contributed by atoms with Crippen LogP contribution in [0.2, 0.25) is 0 Å². The Morgan fingerprint density at radius 3 is 2.76 bits per heavy atom. The molecule has 2 atom stereocenters. The number of fused-ring (bicyclic) bond motifs is 1. The highest BCUT2D eigenvalue weighted by atomic mass is 16.5. The molecular weight excluding hydrogens is 218 g/mol. The maximum Gasteiger partial charge on any atom is 0.254 e. The molecule has 4 heteroatoms. The summed E-state index contributed by atoms with van der Waals surface area (Å²) in [5.41, 5.74) is -0.723. The summed E-state index contributed by atoms with van der Waals surface area (Å²) in [5, 5.41) is 0. The van der Waals surface area contributed by atoms with Crippen molar-refractivity contribution in [1.29, 1.82) is 0 Å². The lowest BCUT2D eigenvalue weighted by Gasteiger charge is -2.45. The fourth-order valence-electron chi connectivity index (χ4n) is 2.78. The number of morpholine rings is 1. The third-order valence-corrected chi connectivity index (χ3v) is 4.02. The lowest BCUT2D eigenvalue weighted by atomic mass is 9.89. The molecule has 0 aromatic carbocycles. The minimum absolute atomic E-state index is 0.0974. The van der Waals surface area contributed by atoms with Crippen LogP contribution in [-0.2, 0) is 14.3 Å². The summed E-state index contributed by atoms with van der Waals surface area (Å²) < 4.78 is 11.1. The summed E-state index contributed by atoms with van der Waals surface area (Å²) in [6.45, 7) is 5.03. The molecule has 0 aromatic heterocycles. The van der Waals surface area contributed by atoms with Crippen LogP contribution in [0.15, 0.2) is 0 Å². The van der Waals surface area contributed by atoms with E-state index in [0.29, 0.717) is 13.2 Å². The summed E-state index contributed by atoms with van der Waals surface area (Å²) in [7, 11) is 1.59. The van der Waals surface area contributed by atoms with Gasteiger partial charge in [0.25, 0.3) is 5.91 Å². The first-order chi connectivity index (χ1) is 8.06. The zero-order valence-electron chi connectivity index (χ0n) is 11.1. The van der Waals surface area contributed by atoms with Crippen LogP contribution in [0, 0.1) is 0 Å². The molecule has 4 nitrogen and oxygen atoms in total. The lowest BCUT2D eigenvalue weighted by molar-refractivity contribution is -0.167. The minimum atomic E-state index is -0.723. The van der Waals surface area contributed by atoms with Gasteiger partial charge in [0, 0.05) is 13.7 Å². The molecule has 2 aliphatic rings. The van der Waals surface area contributed by atoms with Gasteiger partial charge in [0.1, 0.15) is 5.60 Å². The van der Waals surface area contributed by atoms with Crippen LogP contribution in [0.5, 0.6) is 0 Å². The SMILES string of the molecule is COC(C)(C)C(=O)N1CCOC2CCCCC21. The summed E-state index contributed by atoms with van der Waals surface area (Å²) in [6.07, 6.45) is 4.81. The first kappa shape index (κ1) is 12.8. The highest BCUT2D eigenvalue weighted by Crippen LogP contribution is 2.30. The predicted molar refractivity (Wildman–Crippen MR) is 64.8 cm³/mol. The molecule has 2 rings (SSSR count). The van der Waals surface area contributed by atoms with Crippen LogP contribution >= 0.6 is 0 Å². The van der Waals surface area contributed by atoms with Gasteiger partial charge in [-0.1, -0.05) is 12.8 Å². The number of amides is 1. The molecule has 1 aliphatic heterocycles. The first-order valence-electron chi connectivity index (χ1n) is 6.54. The van der Waals surface area contributed by atoms with Crippen molar-refractivity contribution >= 4 is 5.91 Å². The van der Waals surface area contributed by atoms with Gasteiger partial charge in [-0.15, -0.1) is 0 Å². The van der Waals surface area contributed by atoms with E-state index in [0.717, 1.165) is 12.8 Å². The van der Waals surface area contributed by atoms with E-state index < -0.39 is 5.60 Å². The van der Waals surface area contributed by atoms with Crippen LogP contribution in [-0.4, -0.2) is 48.8 Å². The summed E-state index contributed by atoms with van der Waals surface area (Å²) in [6, 6.07) is 0.263. The highest BCUT2D eigenvalue weighted by molar-refractivity contribution is 5.84. The number of carbonyl (C=O) groups excluding carboxylic acids is 1. The van der Waals surface area contributed by atoms with Gasteiger partial charge >= 0.3 is 0 Å². The van der Waals surface area contributed by atoms with Gasteiger partial charge in [-0.25, -0.2) is 0 Å². The van der Waals surface area contributed by atoms with Crippen molar-refractivity contribution in [3.05, 3.63) is 0 Å². The quantitative estimate of drug-likeness (QED) is 0.737. The van der Waals surface area contributed by atoms with Crippen molar-refractivity contribution in [1.82, 2.24) is 4.90 Å². The van der Waals surface area contributed by atoms with E-state index in [1.54, 1.807) is 7.11 Å². The number of hydrogen-bond acceptors (Lipinski definition) is 3. The topological polar surface area (TPSA) is 38.8 Å². The van der Waals surface area contributed by atoms with Crippen LogP contribution in [0.25, 0.3) is 0 Å². The number of rotatable bonds is 2. The standard InChI is InChI=1S/C13H23NO3/c1-13(2,16-3)12(15)14-8-9-17-11-7-5-4-6-10(11)14/h10-11H,4-9H2,1-3H3. The molecule has 0 spiro atoms. The Morgan fingerprint density at radius 1 is 1.35 bits per heavy atom. The average Bonchev–Trinajstić information content (AvgIpc) is 2.37. The maximum atomic E-state index is 12.5. The molecule has 0 N–H and O–H groups in total. The number of carbonyl (C=O) groups is 1. The van der Waals surface area contributed by atoms with Crippen molar-refractivity contribution < 1.29 is 14.3 Å². The van der Waals surface area contributed by atoms with Gasteiger partial charge in [0.2, 0.25) is 0 Å². The summed E-state index contributed by atoms with van der Waals surface area (Å²) in [4.78, 5) is 14.4. The number of methoxy groups -OCH3 is 1. The molecule has 1 aliphatic carbocycles. The third-order valence-electron chi connectivity index (χ3n) is 4.02. The number of ether oxygens (including phenoxy) is 2. The second-order valence-electron chi connectivity index (χ2n) is 5.47. The Labute approximate surface area is 103 Å². The van der Waals surface area contributed by atoms with Crippen molar-refractivity contribution in [2.75, 3.05) is 20.3 Å². The Hall–Kier alpha value is -0.610. The number of hydrogen-bond donors (Lipinski definition) is 0.